The summed E-state index contributed by atoms with van der Waals surface area (Å²) in [4.78, 5) is 17.4. The highest BCUT2D eigenvalue weighted by atomic mass is 79.9. The van der Waals surface area contributed by atoms with Crippen molar-refractivity contribution in [2.45, 2.75) is 58.8 Å². The lowest BCUT2D eigenvalue weighted by Gasteiger charge is -2.20. The van der Waals surface area contributed by atoms with E-state index in [1.807, 2.05) is 19.1 Å². The maximum atomic E-state index is 11.9. The van der Waals surface area contributed by atoms with Crippen LogP contribution in [0.25, 0.3) is 0 Å². The monoisotopic (exact) mass is 427 g/mol. The molecule has 1 aliphatic rings. The van der Waals surface area contributed by atoms with Crippen LogP contribution in [0.15, 0.2) is 27.8 Å². The lowest BCUT2D eigenvalue weighted by Crippen LogP contribution is -2.32. The van der Waals surface area contributed by atoms with Crippen LogP contribution in [0.3, 0.4) is 0 Å². The van der Waals surface area contributed by atoms with Gasteiger partial charge in [0.1, 0.15) is 17.6 Å². The molecule has 0 saturated heterocycles. The Bertz CT molecular complexity index is 649. The van der Waals surface area contributed by atoms with E-state index in [0.717, 1.165) is 22.9 Å². The first-order valence-electron chi connectivity index (χ1n) is 8.96. The molecule has 1 heterocycles. The van der Waals surface area contributed by atoms with Crippen LogP contribution >= 0.6 is 15.9 Å². The maximum absolute atomic E-state index is 11.9. The van der Waals surface area contributed by atoms with Crippen molar-refractivity contribution in [2.24, 2.45) is 5.16 Å². The Morgan fingerprint density at radius 3 is 2.85 bits per heavy atom. The van der Waals surface area contributed by atoms with Crippen LogP contribution in [0.5, 0.6) is 5.75 Å². The fraction of sp³-hybridized carbons (Fsp3) is 0.579. The summed E-state index contributed by atoms with van der Waals surface area (Å²) in [7, 11) is 0. The first kappa shape index (κ1) is 20.7. The number of esters is 1. The molecule has 2 unspecified atom stereocenters. The summed E-state index contributed by atoms with van der Waals surface area (Å²) in [5.41, 5.74) is 1.40. The van der Waals surface area contributed by atoms with E-state index in [9.17, 15) is 4.79 Å². The number of halogens is 1. The van der Waals surface area contributed by atoms with Crippen LogP contribution in [0.1, 0.15) is 46.1 Å². The summed E-state index contributed by atoms with van der Waals surface area (Å²) < 4.78 is 17.7. The van der Waals surface area contributed by atoms with E-state index in [0.29, 0.717) is 24.7 Å². The molecule has 1 aromatic rings. The number of carbonyl (C=O) groups excluding carboxylic acids is 1. The van der Waals surface area contributed by atoms with E-state index < -0.39 is 12.1 Å². The molecule has 1 aliphatic heterocycles. The number of carbonyl (C=O) groups is 1. The molecule has 0 N–H and O–H groups in total. The van der Waals surface area contributed by atoms with Gasteiger partial charge in [0.2, 0.25) is 0 Å². The Kier molecular flexibility index (Phi) is 7.90. The second-order valence-corrected chi connectivity index (χ2v) is 7.00. The zero-order valence-electron chi connectivity index (χ0n) is 15.7. The number of hydrogen-bond donors (Lipinski definition) is 0. The number of rotatable bonds is 9. The lowest BCUT2D eigenvalue weighted by molar-refractivity contribution is -0.150. The molecule has 0 saturated carbocycles. The normalized spacial score (nSPS) is 20.3. The summed E-state index contributed by atoms with van der Waals surface area (Å²) in [6.45, 7) is 8.41. The third-order valence-corrected chi connectivity index (χ3v) is 4.44. The van der Waals surface area contributed by atoms with Crippen molar-refractivity contribution in [1.82, 2.24) is 0 Å². The Balaban J connectivity index is 2.24. The molecule has 0 fully saturated rings. The van der Waals surface area contributed by atoms with E-state index >= 15 is 0 Å². The predicted molar refractivity (Wildman–Crippen MR) is 103 cm³/mol. The molecule has 0 aromatic heterocycles. The van der Waals surface area contributed by atoms with Crippen LogP contribution < -0.4 is 4.74 Å². The second kappa shape index (κ2) is 9.92. The first-order valence-corrected chi connectivity index (χ1v) is 9.75. The van der Waals surface area contributed by atoms with Gasteiger partial charge in [-0.1, -0.05) is 34.4 Å². The van der Waals surface area contributed by atoms with Gasteiger partial charge < -0.3 is 19.0 Å². The molecule has 0 bridgehead atoms. The van der Waals surface area contributed by atoms with Crippen molar-refractivity contribution in [2.75, 3.05) is 13.2 Å². The molecule has 2 rings (SSSR count). The van der Waals surface area contributed by atoms with Crippen molar-refractivity contribution in [3.05, 3.63) is 28.2 Å². The summed E-state index contributed by atoms with van der Waals surface area (Å²) in [6, 6.07) is 5.54. The molecule has 0 aliphatic carbocycles. The van der Waals surface area contributed by atoms with Crippen LogP contribution in [-0.4, -0.2) is 43.2 Å². The van der Waals surface area contributed by atoms with Gasteiger partial charge in [-0.15, -0.1) is 0 Å². The fourth-order valence-corrected chi connectivity index (χ4v) is 2.91. The molecule has 26 heavy (non-hydrogen) atoms. The summed E-state index contributed by atoms with van der Waals surface area (Å²) in [5, 5.41) is 4.21. The zero-order chi connectivity index (χ0) is 19.1. The summed E-state index contributed by atoms with van der Waals surface area (Å²) >= 11 is 3.48. The number of oxime groups is 1. The molecular formula is C19H26BrNO5. The summed E-state index contributed by atoms with van der Waals surface area (Å²) in [6.07, 6.45) is 0.830. The molecule has 144 valence electrons. The average Bonchev–Trinajstić information content (AvgIpc) is 2.97. The van der Waals surface area contributed by atoms with E-state index in [2.05, 4.69) is 28.0 Å². The Morgan fingerprint density at radius 2 is 2.15 bits per heavy atom. The Morgan fingerprint density at radius 1 is 1.38 bits per heavy atom. The number of hydrogen-bond acceptors (Lipinski definition) is 6. The maximum Gasteiger partial charge on any atom is 0.347 e. The SMILES string of the molecule is CCCCOC1C(c2cc(Br)ccc2O[C@@H](C)C(=O)OCC)=NOC1C. The highest BCUT2D eigenvalue weighted by Crippen LogP contribution is 2.30. The third-order valence-electron chi connectivity index (χ3n) is 3.95. The second-order valence-electron chi connectivity index (χ2n) is 6.08. The average molecular weight is 428 g/mol. The first-order chi connectivity index (χ1) is 12.5. The number of ether oxygens (including phenoxy) is 3. The minimum Gasteiger partial charge on any atom is -0.478 e. The minimum atomic E-state index is -0.727. The van der Waals surface area contributed by atoms with Gasteiger partial charge in [0.15, 0.2) is 12.2 Å². The molecule has 1 aromatic carbocycles. The van der Waals surface area contributed by atoms with Crippen molar-refractivity contribution in [3.8, 4) is 5.75 Å². The highest BCUT2D eigenvalue weighted by molar-refractivity contribution is 9.10. The highest BCUT2D eigenvalue weighted by Gasteiger charge is 2.35. The van der Waals surface area contributed by atoms with Gasteiger partial charge in [0.05, 0.1) is 6.61 Å². The Labute approximate surface area is 163 Å². The minimum absolute atomic E-state index is 0.184. The van der Waals surface area contributed by atoms with Gasteiger partial charge >= 0.3 is 5.97 Å². The van der Waals surface area contributed by atoms with Gasteiger partial charge in [0.25, 0.3) is 0 Å². The van der Waals surface area contributed by atoms with E-state index in [-0.39, 0.29) is 12.2 Å². The van der Waals surface area contributed by atoms with E-state index in [4.69, 9.17) is 19.0 Å². The molecule has 3 atom stereocenters. The largest absolute Gasteiger partial charge is 0.478 e. The van der Waals surface area contributed by atoms with Crippen LogP contribution in [0, 0.1) is 0 Å². The molecule has 0 amide bonds. The third kappa shape index (κ3) is 5.20. The molecule has 0 radical (unpaired) electrons. The van der Waals surface area contributed by atoms with Gasteiger partial charge in [0, 0.05) is 16.6 Å². The van der Waals surface area contributed by atoms with Crippen LogP contribution in [0.4, 0.5) is 0 Å². The quantitative estimate of drug-likeness (QED) is 0.438. The van der Waals surface area contributed by atoms with E-state index in [1.54, 1.807) is 19.9 Å². The lowest BCUT2D eigenvalue weighted by atomic mass is 10.0. The number of unbranched alkanes of at least 4 members (excludes halogenated alkanes) is 1. The molecule has 7 heteroatoms. The van der Waals surface area contributed by atoms with Crippen LogP contribution in [-0.2, 0) is 19.1 Å². The van der Waals surface area contributed by atoms with Gasteiger partial charge in [-0.05, 0) is 45.4 Å². The Hall–Kier alpha value is -1.60. The molecule has 0 spiro atoms. The smallest absolute Gasteiger partial charge is 0.347 e. The summed E-state index contributed by atoms with van der Waals surface area (Å²) in [5.74, 6) is 0.129. The van der Waals surface area contributed by atoms with E-state index in [1.165, 1.54) is 0 Å². The fourth-order valence-electron chi connectivity index (χ4n) is 2.54. The standard InChI is InChI=1S/C19H26BrNO5/c1-5-7-10-24-18-12(3)26-21-17(18)15-11-14(20)8-9-16(15)25-13(4)19(22)23-6-2/h8-9,11-13,18H,5-7,10H2,1-4H3/t12?,13-,18?/m0/s1. The van der Waals surface area contributed by atoms with Gasteiger partial charge in [-0.25, -0.2) is 4.79 Å². The number of nitrogens with zero attached hydrogens (tertiary/aromatic N) is 1. The zero-order valence-corrected chi connectivity index (χ0v) is 17.2. The predicted octanol–water partition coefficient (Wildman–Crippen LogP) is 4.09. The van der Waals surface area contributed by atoms with Crippen molar-refractivity contribution in [3.63, 3.8) is 0 Å². The van der Waals surface area contributed by atoms with Crippen molar-refractivity contribution in [1.29, 1.82) is 0 Å². The van der Waals surface area contributed by atoms with Crippen LogP contribution in [0.2, 0.25) is 0 Å². The van der Waals surface area contributed by atoms with Crippen molar-refractivity contribution < 1.29 is 23.8 Å². The molecule has 6 nitrogen and oxygen atoms in total. The number of benzene rings is 1. The van der Waals surface area contributed by atoms with Crippen molar-refractivity contribution >= 4 is 27.6 Å². The van der Waals surface area contributed by atoms with Gasteiger partial charge in [-0.2, -0.15) is 0 Å². The topological polar surface area (TPSA) is 66.4 Å². The molecular weight excluding hydrogens is 402 g/mol. The van der Waals surface area contributed by atoms with Gasteiger partial charge in [-0.3, -0.25) is 0 Å².